The molecule has 1 aromatic heterocycles. The molecule has 0 amide bonds. The molecule has 2 aliphatic rings. The fraction of sp³-hybridized carbons (Fsp3) is 0.167. The highest BCUT2D eigenvalue weighted by Gasteiger charge is 2.33. The molecule has 5 heteroatoms. The molecule has 5 rings (SSSR count). The zero-order valence-electron chi connectivity index (χ0n) is 15.8. The molecular formula is C24H20N2O3. The Morgan fingerprint density at radius 2 is 1.79 bits per heavy atom. The summed E-state index contributed by atoms with van der Waals surface area (Å²) in [7, 11) is 0. The van der Waals surface area contributed by atoms with Gasteiger partial charge < -0.3 is 15.1 Å². The van der Waals surface area contributed by atoms with E-state index in [-0.39, 0.29) is 17.6 Å². The average Bonchev–Trinajstić information content (AvgIpc) is 3.22. The van der Waals surface area contributed by atoms with Crippen LogP contribution in [0.3, 0.4) is 0 Å². The summed E-state index contributed by atoms with van der Waals surface area (Å²) in [5, 5.41) is 6.88. The van der Waals surface area contributed by atoms with Crippen LogP contribution in [-0.2, 0) is 4.79 Å². The zero-order chi connectivity index (χ0) is 19.8. The van der Waals surface area contributed by atoms with Gasteiger partial charge in [0.2, 0.25) is 0 Å². The third-order valence-electron chi connectivity index (χ3n) is 5.48. The Bertz CT molecular complexity index is 1110. The van der Waals surface area contributed by atoms with Gasteiger partial charge in [0.15, 0.2) is 11.6 Å². The third-order valence-corrected chi connectivity index (χ3v) is 5.48. The van der Waals surface area contributed by atoms with Crippen molar-refractivity contribution in [3.8, 4) is 0 Å². The Labute approximate surface area is 168 Å². The number of ketones is 2. The molecule has 0 fully saturated rings. The van der Waals surface area contributed by atoms with Crippen LogP contribution >= 0.6 is 0 Å². The summed E-state index contributed by atoms with van der Waals surface area (Å²) in [4.78, 5) is 25.6. The molecule has 0 bridgehead atoms. The standard InChI is InChI=1S/C24H20N2O3/c27-20-9-4-8-18-22(20)23(21-10-5-13-29-21)26-17-12-11-16(14-19(17)25-18)24(28)15-6-2-1-3-7-15/h1-3,5-7,10-14,23,25-26H,4,8-9H2/t23-/m1/s1. The van der Waals surface area contributed by atoms with Crippen molar-refractivity contribution in [2.75, 3.05) is 10.6 Å². The van der Waals surface area contributed by atoms with Gasteiger partial charge in [-0.2, -0.15) is 0 Å². The van der Waals surface area contributed by atoms with Gasteiger partial charge in [-0.15, -0.1) is 0 Å². The van der Waals surface area contributed by atoms with Gasteiger partial charge in [-0.05, 0) is 43.2 Å². The molecule has 2 aromatic carbocycles. The molecule has 2 heterocycles. The minimum atomic E-state index is -0.350. The molecule has 0 saturated heterocycles. The number of rotatable bonds is 3. The van der Waals surface area contributed by atoms with E-state index in [1.165, 1.54) is 0 Å². The van der Waals surface area contributed by atoms with Crippen LogP contribution in [0.15, 0.2) is 82.6 Å². The van der Waals surface area contributed by atoms with Crippen LogP contribution in [0.4, 0.5) is 11.4 Å². The van der Waals surface area contributed by atoms with Gasteiger partial charge >= 0.3 is 0 Å². The molecular weight excluding hydrogens is 364 g/mol. The molecule has 1 aliphatic heterocycles. The van der Waals surface area contributed by atoms with E-state index in [0.717, 1.165) is 35.5 Å². The predicted octanol–water partition coefficient (Wildman–Crippen LogP) is 5.10. The molecule has 0 radical (unpaired) electrons. The number of furan rings is 1. The van der Waals surface area contributed by atoms with E-state index in [0.29, 0.717) is 23.3 Å². The molecule has 29 heavy (non-hydrogen) atoms. The lowest BCUT2D eigenvalue weighted by Crippen LogP contribution is -2.23. The minimum absolute atomic E-state index is 0.0315. The maximum Gasteiger partial charge on any atom is 0.193 e. The maximum atomic E-state index is 12.9. The smallest absolute Gasteiger partial charge is 0.193 e. The second-order valence-corrected chi connectivity index (χ2v) is 7.34. The van der Waals surface area contributed by atoms with E-state index in [2.05, 4.69) is 10.6 Å². The fourth-order valence-corrected chi connectivity index (χ4v) is 4.06. The van der Waals surface area contributed by atoms with E-state index < -0.39 is 0 Å². The van der Waals surface area contributed by atoms with E-state index in [1.807, 2.05) is 60.7 Å². The normalized spacial score (nSPS) is 18.2. The highest BCUT2D eigenvalue weighted by Crippen LogP contribution is 2.41. The number of anilines is 2. The molecule has 1 atom stereocenters. The van der Waals surface area contributed by atoms with Gasteiger partial charge in [-0.25, -0.2) is 0 Å². The number of benzene rings is 2. The minimum Gasteiger partial charge on any atom is -0.467 e. The first-order chi connectivity index (χ1) is 14.2. The van der Waals surface area contributed by atoms with Crippen LogP contribution < -0.4 is 10.6 Å². The number of allylic oxidation sites excluding steroid dienone is 1. The third kappa shape index (κ3) is 3.14. The van der Waals surface area contributed by atoms with Gasteiger partial charge in [0.1, 0.15) is 11.8 Å². The van der Waals surface area contributed by atoms with Crippen LogP contribution in [-0.4, -0.2) is 11.6 Å². The second kappa shape index (κ2) is 7.09. The SMILES string of the molecule is O=C1CCCC2=C1[C@@H](c1ccco1)Nc1ccc(C(=O)c3ccccc3)cc1N2. The van der Waals surface area contributed by atoms with Crippen molar-refractivity contribution < 1.29 is 14.0 Å². The topological polar surface area (TPSA) is 71.3 Å². The predicted molar refractivity (Wildman–Crippen MR) is 111 cm³/mol. The van der Waals surface area contributed by atoms with Crippen LogP contribution in [0.1, 0.15) is 47.0 Å². The molecule has 0 saturated carbocycles. The molecule has 0 spiro atoms. The first-order valence-electron chi connectivity index (χ1n) is 9.78. The van der Waals surface area contributed by atoms with Crippen LogP contribution in [0.2, 0.25) is 0 Å². The lowest BCUT2D eigenvalue weighted by molar-refractivity contribution is -0.116. The summed E-state index contributed by atoms with van der Waals surface area (Å²) < 4.78 is 5.63. The average molecular weight is 384 g/mol. The number of carbonyl (C=O) groups is 2. The number of hydrogen-bond acceptors (Lipinski definition) is 5. The largest absolute Gasteiger partial charge is 0.467 e. The Balaban J connectivity index is 1.58. The Morgan fingerprint density at radius 3 is 2.59 bits per heavy atom. The molecule has 2 N–H and O–H groups in total. The van der Waals surface area contributed by atoms with Crippen LogP contribution in [0.5, 0.6) is 0 Å². The number of carbonyl (C=O) groups excluding carboxylic acids is 2. The highest BCUT2D eigenvalue weighted by atomic mass is 16.3. The van der Waals surface area contributed by atoms with Gasteiger partial charge in [0, 0.05) is 28.8 Å². The summed E-state index contributed by atoms with van der Waals surface area (Å²) >= 11 is 0. The van der Waals surface area contributed by atoms with Crippen molar-refractivity contribution in [2.24, 2.45) is 0 Å². The lowest BCUT2D eigenvalue weighted by Gasteiger charge is -2.23. The van der Waals surface area contributed by atoms with E-state index in [4.69, 9.17) is 4.42 Å². The maximum absolute atomic E-state index is 12.9. The van der Waals surface area contributed by atoms with Crippen molar-refractivity contribution >= 4 is 22.9 Å². The first kappa shape index (κ1) is 17.5. The summed E-state index contributed by atoms with van der Waals surface area (Å²) in [6.07, 6.45) is 3.75. The van der Waals surface area contributed by atoms with Gasteiger partial charge in [0.05, 0.1) is 17.6 Å². The van der Waals surface area contributed by atoms with Crippen molar-refractivity contribution in [3.63, 3.8) is 0 Å². The first-order valence-corrected chi connectivity index (χ1v) is 9.78. The molecule has 0 unspecified atom stereocenters. The summed E-state index contributed by atoms with van der Waals surface area (Å²) in [6.45, 7) is 0. The van der Waals surface area contributed by atoms with Crippen molar-refractivity contribution in [2.45, 2.75) is 25.3 Å². The Kier molecular flexibility index (Phi) is 4.28. The lowest BCUT2D eigenvalue weighted by atomic mass is 9.89. The number of Topliss-reactive ketones (excluding diaryl/α,β-unsaturated/α-hetero) is 1. The van der Waals surface area contributed by atoms with Gasteiger partial charge in [-0.1, -0.05) is 30.3 Å². The number of hydrogen-bond donors (Lipinski definition) is 2. The highest BCUT2D eigenvalue weighted by molar-refractivity contribution is 6.10. The summed E-state index contributed by atoms with van der Waals surface area (Å²) in [5.74, 6) is 0.795. The van der Waals surface area contributed by atoms with Crippen molar-refractivity contribution in [1.82, 2.24) is 0 Å². The van der Waals surface area contributed by atoms with Gasteiger partial charge in [-0.3, -0.25) is 9.59 Å². The van der Waals surface area contributed by atoms with Crippen LogP contribution in [0, 0.1) is 0 Å². The fourth-order valence-electron chi connectivity index (χ4n) is 4.06. The number of fused-ring (bicyclic) bond motifs is 1. The zero-order valence-corrected chi connectivity index (χ0v) is 15.8. The second-order valence-electron chi connectivity index (χ2n) is 7.34. The molecule has 3 aromatic rings. The van der Waals surface area contributed by atoms with Crippen LogP contribution in [0.25, 0.3) is 0 Å². The molecule has 5 nitrogen and oxygen atoms in total. The Morgan fingerprint density at radius 1 is 0.931 bits per heavy atom. The summed E-state index contributed by atoms with van der Waals surface area (Å²) in [5.41, 5.74) is 4.50. The monoisotopic (exact) mass is 384 g/mol. The van der Waals surface area contributed by atoms with E-state index in [1.54, 1.807) is 6.26 Å². The Hall–Kier alpha value is -3.60. The van der Waals surface area contributed by atoms with Crippen molar-refractivity contribution in [3.05, 3.63) is 95.1 Å². The van der Waals surface area contributed by atoms with Crippen molar-refractivity contribution in [1.29, 1.82) is 0 Å². The summed E-state index contributed by atoms with van der Waals surface area (Å²) in [6, 6.07) is 18.1. The number of nitrogens with one attached hydrogen (secondary N) is 2. The van der Waals surface area contributed by atoms with E-state index >= 15 is 0 Å². The molecule has 1 aliphatic carbocycles. The quantitative estimate of drug-likeness (QED) is 0.615. The molecule has 144 valence electrons. The van der Waals surface area contributed by atoms with E-state index in [9.17, 15) is 9.59 Å². The van der Waals surface area contributed by atoms with Gasteiger partial charge in [0.25, 0.3) is 0 Å².